The summed E-state index contributed by atoms with van der Waals surface area (Å²) in [6.07, 6.45) is 2.68. The van der Waals surface area contributed by atoms with Gasteiger partial charge in [0.2, 0.25) is 10.0 Å². The van der Waals surface area contributed by atoms with E-state index in [1.165, 1.54) is 23.5 Å². The Labute approximate surface area is 160 Å². The van der Waals surface area contributed by atoms with Gasteiger partial charge in [0.1, 0.15) is 10.6 Å². The Balaban J connectivity index is 1.95. The topological polar surface area (TPSA) is 75.7 Å². The Bertz CT molecular complexity index is 913. The van der Waals surface area contributed by atoms with Crippen LogP contribution in [0.4, 0.5) is 5.69 Å². The summed E-state index contributed by atoms with van der Waals surface area (Å²) < 4.78 is 33.2. The molecule has 0 bridgehead atoms. The average molecular weight is 388 g/mol. The minimum Gasteiger partial charge on any atom is -0.495 e. The maximum Gasteiger partial charge on any atom is 0.255 e. The number of nitrogens with one attached hydrogen (secondary N) is 1. The fraction of sp³-hybridized carbons (Fsp3) is 0.350. The van der Waals surface area contributed by atoms with Gasteiger partial charge in [-0.05, 0) is 50.1 Å². The Morgan fingerprint density at radius 1 is 1.15 bits per heavy atom. The van der Waals surface area contributed by atoms with E-state index in [0.717, 1.165) is 19.3 Å². The molecular weight excluding hydrogens is 364 g/mol. The highest BCUT2D eigenvalue weighted by Gasteiger charge is 2.33. The standard InChI is InChI=1S/C20H24N2O4S/c1-15-8-6-7-13-22(15)27(24,25)19-14-16(11-12-18(19)26-2)20(23)21-17-9-4-3-5-10-17/h3-5,9-12,14-15H,6-8,13H2,1-2H3,(H,21,23). The summed E-state index contributed by atoms with van der Waals surface area (Å²) in [6, 6.07) is 13.4. The van der Waals surface area contributed by atoms with Gasteiger partial charge in [-0.2, -0.15) is 4.31 Å². The second-order valence-corrected chi connectivity index (χ2v) is 8.51. The van der Waals surface area contributed by atoms with Gasteiger partial charge >= 0.3 is 0 Å². The number of methoxy groups -OCH3 is 1. The lowest BCUT2D eigenvalue weighted by atomic mass is 10.1. The van der Waals surface area contributed by atoms with Gasteiger partial charge < -0.3 is 10.1 Å². The molecule has 0 aromatic heterocycles. The van der Waals surface area contributed by atoms with Crippen molar-refractivity contribution < 1.29 is 17.9 Å². The number of para-hydroxylation sites is 1. The molecule has 1 saturated heterocycles. The van der Waals surface area contributed by atoms with Crippen LogP contribution in [0, 0.1) is 0 Å². The van der Waals surface area contributed by atoms with Crippen molar-refractivity contribution in [3.05, 3.63) is 54.1 Å². The van der Waals surface area contributed by atoms with E-state index in [1.807, 2.05) is 25.1 Å². The van der Waals surface area contributed by atoms with E-state index in [2.05, 4.69) is 5.32 Å². The normalized spacial score (nSPS) is 18.1. The molecule has 0 saturated carbocycles. The number of carbonyl (C=O) groups is 1. The van der Waals surface area contributed by atoms with Crippen LogP contribution in [-0.2, 0) is 10.0 Å². The van der Waals surface area contributed by atoms with Crippen molar-refractivity contribution in [2.24, 2.45) is 0 Å². The highest BCUT2D eigenvalue weighted by atomic mass is 32.2. The number of carbonyl (C=O) groups excluding carboxylic acids is 1. The minimum atomic E-state index is -3.75. The van der Waals surface area contributed by atoms with E-state index >= 15 is 0 Å². The van der Waals surface area contributed by atoms with Gasteiger partial charge in [0.15, 0.2) is 0 Å². The molecule has 0 spiro atoms. The smallest absolute Gasteiger partial charge is 0.255 e. The van der Waals surface area contributed by atoms with Gasteiger partial charge in [-0.1, -0.05) is 24.6 Å². The third kappa shape index (κ3) is 4.14. The summed E-state index contributed by atoms with van der Waals surface area (Å²) in [5.41, 5.74) is 0.912. The molecule has 1 N–H and O–H groups in total. The predicted molar refractivity (Wildman–Crippen MR) is 105 cm³/mol. The van der Waals surface area contributed by atoms with Gasteiger partial charge in [0, 0.05) is 23.8 Å². The number of ether oxygens (including phenoxy) is 1. The number of hydrogen-bond acceptors (Lipinski definition) is 4. The number of hydrogen-bond donors (Lipinski definition) is 1. The first-order valence-corrected chi connectivity index (χ1v) is 10.4. The molecule has 1 aliphatic rings. The summed E-state index contributed by atoms with van der Waals surface area (Å²) in [7, 11) is -2.33. The Morgan fingerprint density at radius 3 is 2.56 bits per heavy atom. The molecule has 1 heterocycles. The van der Waals surface area contributed by atoms with Crippen LogP contribution in [0.5, 0.6) is 5.75 Å². The zero-order chi connectivity index (χ0) is 19.4. The van der Waals surface area contributed by atoms with Crippen molar-refractivity contribution in [2.45, 2.75) is 37.1 Å². The molecule has 6 nitrogen and oxygen atoms in total. The number of anilines is 1. The van der Waals surface area contributed by atoms with Gasteiger partial charge in [0.25, 0.3) is 5.91 Å². The number of piperidine rings is 1. The second-order valence-electron chi connectivity index (χ2n) is 6.65. The summed E-state index contributed by atoms with van der Waals surface area (Å²) in [5.74, 6) is -0.129. The molecule has 27 heavy (non-hydrogen) atoms. The average Bonchev–Trinajstić information content (AvgIpc) is 2.68. The zero-order valence-corrected chi connectivity index (χ0v) is 16.3. The van der Waals surface area contributed by atoms with Crippen molar-refractivity contribution >= 4 is 21.6 Å². The maximum absolute atomic E-state index is 13.2. The molecular formula is C20H24N2O4S. The van der Waals surface area contributed by atoms with Crippen LogP contribution in [0.25, 0.3) is 0 Å². The monoisotopic (exact) mass is 388 g/mol. The maximum atomic E-state index is 13.2. The summed E-state index contributed by atoms with van der Waals surface area (Å²) >= 11 is 0. The predicted octanol–water partition coefficient (Wildman–Crippen LogP) is 3.51. The fourth-order valence-corrected chi connectivity index (χ4v) is 5.18. The Morgan fingerprint density at radius 2 is 1.89 bits per heavy atom. The molecule has 7 heteroatoms. The molecule has 2 aromatic rings. The lowest BCUT2D eigenvalue weighted by molar-refractivity contribution is 0.102. The summed E-state index contributed by atoms with van der Waals surface area (Å²) in [6.45, 7) is 2.39. The fourth-order valence-electron chi connectivity index (χ4n) is 3.30. The van der Waals surface area contributed by atoms with E-state index in [9.17, 15) is 13.2 Å². The van der Waals surface area contributed by atoms with Crippen molar-refractivity contribution in [1.29, 1.82) is 0 Å². The molecule has 0 aliphatic carbocycles. The van der Waals surface area contributed by atoms with Crippen molar-refractivity contribution in [2.75, 3.05) is 19.0 Å². The highest BCUT2D eigenvalue weighted by molar-refractivity contribution is 7.89. The van der Waals surface area contributed by atoms with Crippen LogP contribution in [0.1, 0.15) is 36.5 Å². The third-order valence-electron chi connectivity index (χ3n) is 4.79. The first-order chi connectivity index (χ1) is 12.9. The quantitative estimate of drug-likeness (QED) is 0.850. The number of benzene rings is 2. The van der Waals surface area contributed by atoms with Crippen molar-refractivity contribution in [3.63, 3.8) is 0 Å². The molecule has 2 aromatic carbocycles. The SMILES string of the molecule is COc1ccc(C(=O)Nc2ccccc2)cc1S(=O)(=O)N1CCCCC1C. The molecule has 1 unspecified atom stereocenters. The lowest BCUT2D eigenvalue weighted by Crippen LogP contribution is -2.42. The minimum absolute atomic E-state index is 0.0273. The molecule has 0 radical (unpaired) electrons. The second kappa shape index (κ2) is 8.10. The van der Waals surface area contributed by atoms with Crippen molar-refractivity contribution in [1.82, 2.24) is 4.31 Å². The summed E-state index contributed by atoms with van der Waals surface area (Å²) in [5, 5.41) is 2.77. The van der Waals surface area contributed by atoms with Crippen LogP contribution in [-0.4, -0.2) is 38.3 Å². The third-order valence-corrected chi connectivity index (χ3v) is 6.82. The van der Waals surface area contributed by atoms with Gasteiger partial charge in [-0.25, -0.2) is 8.42 Å². The van der Waals surface area contributed by atoms with Gasteiger partial charge in [-0.3, -0.25) is 4.79 Å². The van der Waals surface area contributed by atoms with Crippen LogP contribution in [0.15, 0.2) is 53.4 Å². The first kappa shape index (κ1) is 19.4. The number of sulfonamides is 1. The first-order valence-electron chi connectivity index (χ1n) is 9.00. The van der Waals surface area contributed by atoms with Crippen molar-refractivity contribution in [3.8, 4) is 5.75 Å². The van der Waals surface area contributed by atoms with E-state index in [4.69, 9.17) is 4.74 Å². The highest BCUT2D eigenvalue weighted by Crippen LogP contribution is 2.31. The Kier molecular flexibility index (Phi) is 5.82. The molecule has 3 rings (SSSR count). The molecule has 1 fully saturated rings. The van der Waals surface area contributed by atoms with Crippen LogP contribution >= 0.6 is 0 Å². The van der Waals surface area contributed by atoms with E-state index < -0.39 is 10.0 Å². The molecule has 144 valence electrons. The number of nitrogens with zero attached hydrogens (tertiary/aromatic N) is 1. The number of rotatable bonds is 5. The molecule has 1 amide bonds. The Hall–Kier alpha value is -2.38. The molecule has 1 aliphatic heterocycles. The summed E-state index contributed by atoms with van der Waals surface area (Å²) in [4.78, 5) is 12.6. The van der Waals surface area contributed by atoms with Crippen LogP contribution < -0.4 is 10.1 Å². The largest absolute Gasteiger partial charge is 0.495 e. The van der Waals surface area contributed by atoms with E-state index in [-0.39, 0.29) is 28.2 Å². The van der Waals surface area contributed by atoms with Crippen LogP contribution in [0.3, 0.4) is 0 Å². The van der Waals surface area contributed by atoms with Crippen LogP contribution in [0.2, 0.25) is 0 Å². The zero-order valence-electron chi connectivity index (χ0n) is 15.5. The number of amides is 1. The van der Waals surface area contributed by atoms with E-state index in [0.29, 0.717) is 12.2 Å². The molecule has 1 atom stereocenters. The van der Waals surface area contributed by atoms with Gasteiger partial charge in [0.05, 0.1) is 7.11 Å². The lowest BCUT2D eigenvalue weighted by Gasteiger charge is -2.32. The van der Waals surface area contributed by atoms with Gasteiger partial charge in [-0.15, -0.1) is 0 Å². The van der Waals surface area contributed by atoms with E-state index in [1.54, 1.807) is 18.2 Å².